The van der Waals surface area contributed by atoms with Gasteiger partial charge in [0.25, 0.3) is 0 Å². The molecule has 0 aromatic rings. The van der Waals surface area contributed by atoms with Crippen LogP contribution in [-0.2, 0) is 21.1 Å². The third kappa shape index (κ3) is 12.0. The molecule has 0 rings (SSSR count). The van der Waals surface area contributed by atoms with Gasteiger partial charge < -0.3 is 9.80 Å². The van der Waals surface area contributed by atoms with Crippen LogP contribution in [0.4, 0.5) is 0 Å². The first kappa shape index (κ1) is 12.3. The molecular formula is C6H16N2Pt. The van der Waals surface area contributed by atoms with E-state index >= 15 is 0 Å². The van der Waals surface area contributed by atoms with Crippen LogP contribution in [0.15, 0.2) is 0 Å². The van der Waals surface area contributed by atoms with Gasteiger partial charge in [0, 0.05) is 34.2 Å². The molecule has 0 spiro atoms. The number of nitrogens with zero attached hydrogens (tertiary/aromatic N) is 2. The molecule has 0 aromatic heterocycles. The average Bonchev–Trinajstić information content (AvgIpc) is 1.61. The molecule has 0 aliphatic carbocycles. The monoisotopic (exact) mass is 311 g/mol. The maximum absolute atomic E-state index is 2.18. The zero-order valence-corrected chi connectivity index (χ0v) is 8.90. The van der Waals surface area contributed by atoms with Crippen molar-refractivity contribution < 1.29 is 21.1 Å². The summed E-state index contributed by atoms with van der Waals surface area (Å²) in [5.74, 6) is 0. The molecule has 0 unspecified atom stereocenters. The summed E-state index contributed by atoms with van der Waals surface area (Å²) < 4.78 is 0. The molecular weight excluding hydrogens is 295 g/mol. The Morgan fingerprint density at radius 3 is 1.11 bits per heavy atom. The minimum absolute atomic E-state index is 0. The Bertz CT molecular complexity index is 47.0. The van der Waals surface area contributed by atoms with E-state index < -0.39 is 0 Å². The normalized spacial score (nSPS) is 10.0. The minimum atomic E-state index is 0. The molecule has 60 valence electrons. The second-order valence-electron chi connectivity index (χ2n) is 2.61. The molecule has 0 saturated heterocycles. The average molecular weight is 311 g/mol. The zero-order chi connectivity index (χ0) is 6.57. The Morgan fingerprint density at radius 2 is 1.00 bits per heavy atom. The zero-order valence-electron chi connectivity index (χ0n) is 6.62. The van der Waals surface area contributed by atoms with Gasteiger partial charge in [-0.3, -0.25) is 0 Å². The van der Waals surface area contributed by atoms with Crippen LogP contribution in [0.1, 0.15) is 0 Å². The molecule has 0 saturated carbocycles. The van der Waals surface area contributed by atoms with E-state index in [0.717, 1.165) is 13.1 Å². The SMILES string of the molecule is CN(C)CCN(C)C.[Pt]. The first-order valence-corrected chi connectivity index (χ1v) is 2.92. The summed E-state index contributed by atoms with van der Waals surface area (Å²) >= 11 is 0. The van der Waals surface area contributed by atoms with E-state index in [4.69, 9.17) is 0 Å². The van der Waals surface area contributed by atoms with E-state index in [-0.39, 0.29) is 21.1 Å². The van der Waals surface area contributed by atoms with Crippen molar-refractivity contribution in [3.63, 3.8) is 0 Å². The smallest absolute Gasteiger partial charge is 0.0103 e. The van der Waals surface area contributed by atoms with Crippen LogP contribution in [0.5, 0.6) is 0 Å². The van der Waals surface area contributed by atoms with E-state index in [1.807, 2.05) is 0 Å². The van der Waals surface area contributed by atoms with E-state index in [0.29, 0.717) is 0 Å². The Balaban J connectivity index is 0. The quantitative estimate of drug-likeness (QED) is 0.730. The molecule has 0 aromatic carbocycles. The molecule has 0 amide bonds. The first-order chi connectivity index (χ1) is 3.63. The summed E-state index contributed by atoms with van der Waals surface area (Å²) in [4.78, 5) is 4.36. The second-order valence-corrected chi connectivity index (χ2v) is 2.61. The summed E-state index contributed by atoms with van der Waals surface area (Å²) in [5, 5.41) is 0. The van der Waals surface area contributed by atoms with E-state index in [1.165, 1.54) is 0 Å². The summed E-state index contributed by atoms with van der Waals surface area (Å²) in [6.45, 7) is 2.29. The van der Waals surface area contributed by atoms with Gasteiger partial charge in [0.15, 0.2) is 0 Å². The molecule has 0 N–H and O–H groups in total. The summed E-state index contributed by atoms with van der Waals surface area (Å²) in [6, 6.07) is 0. The standard InChI is InChI=1S/C6H16N2.Pt/c1-7(2)5-6-8(3)4;/h5-6H2,1-4H3;. The number of hydrogen-bond donors (Lipinski definition) is 0. The molecule has 9 heavy (non-hydrogen) atoms. The van der Waals surface area contributed by atoms with E-state index in [2.05, 4.69) is 38.0 Å². The third-order valence-corrected chi connectivity index (χ3v) is 0.994. The van der Waals surface area contributed by atoms with Crippen LogP contribution in [0.2, 0.25) is 0 Å². The molecule has 0 heterocycles. The molecule has 0 aliphatic rings. The number of rotatable bonds is 3. The maximum atomic E-state index is 2.18. The fourth-order valence-corrected chi connectivity index (χ4v) is 0.400. The van der Waals surface area contributed by atoms with Gasteiger partial charge in [-0.2, -0.15) is 0 Å². The van der Waals surface area contributed by atoms with Gasteiger partial charge in [-0.25, -0.2) is 0 Å². The summed E-state index contributed by atoms with van der Waals surface area (Å²) in [5.41, 5.74) is 0. The third-order valence-electron chi connectivity index (χ3n) is 0.994. The summed E-state index contributed by atoms with van der Waals surface area (Å²) in [6.07, 6.45) is 0. The van der Waals surface area contributed by atoms with Gasteiger partial charge in [-0.1, -0.05) is 0 Å². The van der Waals surface area contributed by atoms with Crippen molar-refractivity contribution in [3.8, 4) is 0 Å². The van der Waals surface area contributed by atoms with Gasteiger partial charge >= 0.3 is 0 Å². The van der Waals surface area contributed by atoms with Gasteiger partial charge in [0.05, 0.1) is 0 Å². The fraction of sp³-hybridized carbons (Fsp3) is 1.00. The van der Waals surface area contributed by atoms with E-state index in [1.54, 1.807) is 0 Å². The molecule has 0 aliphatic heterocycles. The number of hydrogen-bond acceptors (Lipinski definition) is 2. The minimum Gasteiger partial charge on any atom is -0.308 e. The van der Waals surface area contributed by atoms with Crippen LogP contribution < -0.4 is 0 Å². The van der Waals surface area contributed by atoms with Crippen LogP contribution in [-0.4, -0.2) is 51.1 Å². The van der Waals surface area contributed by atoms with Gasteiger partial charge in [-0.15, -0.1) is 0 Å². The predicted molar refractivity (Wildman–Crippen MR) is 37.1 cm³/mol. The van der Waals surface area contributed by atoms with Crippen molar-refractivity contribution in [2.24, 2.45) is 0 Å². The number of likely N-dealkylation sites (N-methyl/N-ethyl adjacent to an activating group) is 2. The van der Waals surface area contributed by atoms with Crippen molar-refractivity contribution in [3.05, 3.63) is 0 Å². The van der Waals surface area contributed by atoms with Crippen LogP contribution in [0.3, 0.4) is 0 Å². The van der Waals surface area contributed by atoms with Crippen molar-refractivity contribution >= 4 is 0 Å². The van der Waals surface area contributed by atoms with Gasteiger partial charge in [0.1, 0.15) is 0 Å². The molecule has 0 radical (unpaired) electrons. The van der Waals surface area contributed by atoms with Crippen molar-refractivity contribution in [2.45, 2.75) is 0 Å². The fourth-order valence-electron chi connectivity index (χ4n) is 0.400. The molecule has 2 nitrogen and oxygen atoms in total. The Hall–Kier alpha value is 0.608. The first-order valence-electron chi connectivity index (χ1n) is 2.92. The Labute approximate surface area is 72.5 Å². The van der Waals surface area contributed by atoms with Gasteiger partial charge in [0.2, 0.25) is 0 Å². The maximum Gasteiger partial charge on any atom is 0.0103 e. The van der Waals surface area contributed by atoms with Crippen LogP contribution in [0, 0.1) is 0 Å². The van der Waals surface area contributed by atoms with E-state index in [9.17, 15) is 0 Å². The Morgan fingerprint density at radius 1 is 0.778 bits per heavy atom. The molecule has 0 bridgehead atoms. The van der Waals surface area contributed by atoms with Gasteiger partial charge in [-0.05, 0) is 28.2 Å². The predicted octanol–water partition coefficient (Wildman–Crippen LogP) is 0.107. The summed E-state index contributed by atoms with van der Waals surface area (Å²) in [7, 11) is 8.35. The van der Waals surface area contributed by atoms with Crippen molar-refractivity contribution in [1.29, 1.82) is 0 Å². The Kier molecular flexibility index (Phi) is 9.19. The largest absolute Gasteiger partial charge is 0.308 e. The molecule has 0 atom stereocenters. The molecule has 0 fully saturated rings. The van der Waals surface area contributed by atoms with Crippen LogP contribution >= 0.6 is 0 Å². The molecule has 3 heteroatoms. The van der Waals surface area contributed by atoms with Crippen LogP contribution in [0.25, 0.3) is 0 Å². The van der Waals surface area contributed by atoms with Crippen molar-refractivity contribution in [1.82, 2.24) is 9.80 Å². The topological polar surface area (TPSA) is 6.48 Å². The second kappa shape index (κ2) is 6.72. The van der Waals surface area contributed by atoms with Crippen molar-refractivity contribution in [2.75, 3.05) is 41.3 Å².